The largest absolute Gasteiger partial charge is 0.354 e. The van der Waals surface area contributed by atoms with E-state index >= 15 is 0 Å². The lowest BCUT2D eigenvalue weighted by molar-refractivity contribution is 0.263. The Bertz CT molecular complexity index is 1260. The number of hydrogen-bond acceptors (Lipinski definition) is 5. The third-order valence-electron chi connectivity index (χ3n) is 6.10. The van der Waals surface area contributed by atoms with Gasteiger partial charge in [0.15, 0.2) is 5.65 Å². The van der Waals surface area contributed by atoms with Gasteiger partial charge in [-0.2, -0.15) is 5.10 Å². The first-order chi connectivity index (χ1) is 14.3. The lowest BCUT2D eigenvalue weighted by atomic mass is 9.86. The van der Waals surface area contributed by atoms with Crippen molar-refractivity contribution in [2.24, 2.45) is 5.92 Å². The molecule has 6 rings (SSSR count). The van der Waals surface area contributed by atoms with E-state index in [1.807, 2.05) is 51.8 Å². The van der Waals surface area contributed by atoms with Gasteiger partial charge in [-0.3, -0.25) is 4.79 Å². The van der Waals surface area contributed by atoms with Crippen LogP contribution in [0.15, 0.2) is 65.8 Å². The van der Waals surface area contributed by atoms with Crippen LogP contribution in [0.5, 0.6) is 0 Å². The first kappa shape index (κ1) is 16.5. The molecule has 0 N–H and O–H groups in total. The van der Waals surface area contributed by atoms with E-state index in [2.05, 4.69) is 26.0 Å². The van der Waals surface area contributed by atoms with E-state index in [0.29, 0.717) is 5.92 Å². The van der Waals surface area contributed by atoms with E-state index in [4.69, 9.17) is 0 Å². The van der Waals surface area contributed by atoms with Crippen LogP contribution in [0.3, 0.4) is 0 Å². The minimum Gasteiger partial charge on any atom is -0.354 e. The summed E-state index contributed by atoms with van der Waals surface area (Å²) in [6.07, 6.45) is 5.44. The van der Waals surface area contributed by atoms with Crippen molar-refractivity contribution in [3.05, 3.63) is 77.1 Å². The van der Waals surface area contributed by atoms with Crippen LogP contribution in [-0.2, 0) is 6.42 Å². The van der Waals surface area contributed by atoms with Crippen LogP contribution < -0.4 is 10.5 Å². The van der Waals surface area contributed by atoms with Crippen molar-refractivity contribution in [3.63, 3.8) is 0 Å². The second-order valence-corrected chi connectivity index (χ2v) is 7.92. The van der Waals surface area contributed by atoms with Gasteiger partial charge in [0, 0.05) is 24.8 Å². The van der Waals surface area contributed by atoms with Crippen LogP contribution in [0.2, 0.25) is 0 Å². The molecule has 0 spiro atoms. The highest BCUT2D eigenvalue weighted by Crippen LogP contribution is 2.36. The van der Waals surface area contributed by atoms with Crippen LogP contribution in [0.4, 0.5) is 5.82 Å². The van der Waals surface area contributed by atoms with Crippen molar-refractivity contribution in [3.8, 4) is 5.69 Å². The lowest BCUT2D eigenvalue weighted by Crippen LogP contribution is -2.48. The monoisotopic (exact) mass is 384 g/mol. The highest BCUT2D eigenvalue weighted by atomic mass is 16.1. The van der Waals surface area contributed by atoms with Gasteiger partial charge < -0.3 is 9.47 Å². The maximum absolute atomic E-state index is 12.5. The minimum atomic E-state index is 0.0949. The summed E-state index contributed by atoms with van der Waals surface area (Å²) in [5.74, 6) is 1.42. The summed E-state index contributed by atoms with van der Waals surface area (Å²) in [4.78, 5) is 23.9. The average molecular weight is 384 g/mol. The highest BCUT2D eigenvalue weighted by Gasteiger charge is 2.35. The van der Waals surface area contributed by atoms with Crippen LogP contribution in [0.1, 0.15) is 18.2 Å². The van der Waals surface area contributed by atoms with Gasteiger partial charge in [0.1, 0.15) is 12.1 Å². The predicted molar refractivity (Wildman–Crippen MR) is 110 cm³/mol. The number of aromatic nitrogens is 5. The van der Waals surface area contributed by atoms with Crippen molar-refractivity contribution < 1.29 is 0 Å². The predicted octanol–water partition coefficient (Wildman–Crippen LogP) is 2.60. The van der Waals surface area contributed by atoms with Gasteiger partial charge in [0.05, 0.1) is 23.3 Å². The maximum Gasteiger partial charge on any atom is 0.251 e. The number of fused-ring (bicyclic) bond motifs is 5. The topological polar surface area (TPSA) is 68.8 Å². The molecule has 1 fully saturated rings. The summed E-state index contributed by atoms with van der Waals surface area (Å²) >= 11 is 0. The number of benzene rings is 1. The Labute approximate surface area is 167 Å². The van der Waals surface area contributed by atoms with E-state index < -0.39 is 0 Å². The fourth-order valence-corrected chi connectivity index (χ4v) is 4.94. The van der Waals surface area contributed by atoms with Crippen molar-refractivity contribution in [2.75, 3.05) is 18.0 Å². The molecule has 0 saturated carbocycles. The van der Waals surface area contributed by atoms with Gasteiger partial charge in [-0.25, -0.2) is 14.6 Å². The third-order valence-corrected chi connectivity index (χ3v) is 6.10. The molecule has 29 heavy (non-hydrogen) atoms. The van der Waals surface area contributed by atoms with Crippen LogP contribution in [0, 0.1) is 5.92 Å². The van der Waals surface area contributed by atoms with E-state index in [9.17, 15) is 4.79 Å². The molecule has 2 aliphatic rings. The fourth-order valence-electron chi connectivity index (χ4n) is 4.94. The van der Waals surface area contributed by atoms with Crippen molar-refractivity contribution in [2.45, 2.75) is 18.9 Å². The normalized spacial score (nSPS) is 20.6. The van der Waals surface area contributed by atoms with Crippen molar-refractivity contribution in [1.82, 2.24) is 24.3 Å². The van der Waals surface area contributed by atoms with Crippen LogP contribution in [-0.4, -0.2) is 37.4 Å². The molecule has 1 aromatic carbocycles. The molecule has 0 amide bonds. The Kier molecular flexibility index (Phi) is 3.56. The summed E-state index contributed by atoms with van der Waals surface area (Å²) in [6.45, 7) is 1.71. The summed E-state index contributed by atoms with van der Waals surface area (Å²) in [6, 6.07) is 15.8. The maximum atomic E-state index is 12.5. The Morgan fingerprint density at radius 1 is 0.966 bits per heavy atom. The molecule has 0 radical (unpaired) electrons. The summed E-state index contributed by atoms with van der Waals surface area (Å²) in [5, 5.41) is 5.52. The fraction of sp³-hybridized carbons (Fsp3) is 0.273. The van der Waals surface area contributed by atoms with E-state index in [1.54, 1.807) is 12.4 Å². The van der Waals surface area contributed by atoms with Crippen molar-refractivity contribution >= 4 is 16.9 Å². The molecule has 0 unspecified atom stereocenters. The molecule has 3 aromatic heterocycles. The molecule has 4 aromatic rings. The van der Waals surface area contributed by atoms with Crippen molar-refractivity contribution in [1.29, 1.82) is 0 Å². The summed E-state index contributed by atoms with van der Waals surface area (Å²) in [7, 11) is 0. The molecule has 2 bridgehead atoms. The average Bonchev–Trinajstić information content (AvgIpc) is 3.18. The Morgan fingerprint density at radius 3 is 2.76 bits per heavy atom. The van der Waals surface area contributed by atoms with E-state index in [0.717, 1.165) is 54.2 Å². The number of rotatable bonds is 2. The van der Waals surface area contributed by atoms with Gasteiger partial charge in [-0.05, 0) is 37.0 Å². The Balaban J connectivity index is 1.42. The molecular weight excluding hydrogens is 364 g/mol. The second kappa shape index (κ2) is 6.27. The second-order valence-electron chi connectivity index (χ2n) is 7.92. The number of pyridine rings is 1. The molecule has 0 aliphatic carbocycles. The number of anilines is 1. The lowest BCUT2D eigenvalue weighted by Gasteiger charge is -2.43. The zero-order valence-electron chi connectivity index (χ0n) is 15.8. The summed E-state index contributed by atoms with van der Waals surface area (Å²) < 4.78 is 3.83. The SMILES string of the molecule is O=c1cccc2n1[C@H]1C[C@H](C2)CN(c2ncnc3c2cnn3-c2ccccc2)C1. The van der Waals surface area contributed by atoms with Gasteiger partial charge in [-0.15, -0.1) is 0 Å². The van der Waals surface area contributed by atoms with Gasteiger partial charge in [0.25, 0.3) is 5.56 Å². The van der Waals surface area contributed by atoms with Crippen LogP contribution >= 0.6 is 0 Å². The molecule has 2 aliphatic heterocycles. The Hall–Kier alpha value is -3.48. The van der Waals surface area contributed by atoms with Crippen LogP contribution in [0.25, 0.3) is 16.7 Å². The van der Waals surface area contributed by atoms with E-state index in [-0.39, 0.29) is 11.6 Å². The first-order valence-corrected chi connectivity index (χ1v) is 9.97. The highest BCUT2D eigenvalue weighted by molar-refractivity contribution is 5.87. The van der Waals surface area contributed by atoms with E-state index in [1.165, 1.54) is 0 Å². The molecular formula is C22H20N6O. The molecule has 5 heterocycles. The first-order valence-electron chi connectivity index (χ1n) is 9.97. The van der Waals surface area contributed by atoms with Gasteiger partial charge in [-0.1, -0.05) is 24.3 Å². The molecule has 2 atom stereocenters. The zero-order chi connectivity index (χ0) is 19.4. The standard InChI is InChI=1S/C22H20N6O/c29-20-8-4-7-17-9-15-10-18(27(17)20)13-26(12-15)21-19-11-25-28(22(19)24-14-23-21)16-5-2-1-3-6-16/h1-8,11,14-15,18H,9-10,12-13H2/t15-,18-/m0/s1. The Morgan fingerprint density at radius 2 is 1.86 bits per heavy atom. The zero-order valence-corrected chi connectivity index (χ0v) is 15.8. The summed E-state index contributed by atoms with van der Waals surface area (Å²) in [5.41, 5.74) is 3.03. The van der Waals surface area contributed by atoms with Gasteiger partial charge >= 0.3 is 0 Å². The quantitative estimate of drug-likeness (QED) is 0.531. The minimum absolute atomic E-state index is 0.0949. The smallest absolute Gasteiger partial charge is 0.251 e. The number of piperidine rings is 1. The third kappa shape index (κ3) is 2.57. The number of para-hydroxylation sites is 1. The molecule has 1 saturated heterocycles. The molecule has 7 heteroatoms. The molecule has 144 valence electrons. The number of hydrogen-bond donors (Lipinski definition) is 0. The molecule has 7 nitrogen and oxygen atoms in total. The number of nitrogens with zero attached hydrogens (tertiary/aromatic N) is 6. The van der Waals surface area contributed by atoms with Gasteiger partial charge in [0.2, 0.25) is 0 Å².